The lowest BCUT2D eigenvalue weighted by Gasteiger charge is -2.23. The quantitative estimate of drug-likeness (QED) is 0.327. The van der Waals surface area contributed by atoms with Gasteiger partial charge in [0.25, 0.3) is 5.69 Å². The maximum Gasteiger partial charge on any atom is 0.418 e. The number of hydrogen-bond acceptors (Lipinski definition) is 5. The number of anilines is 1. The minimum Gasteiger partial charge on any atom is -0.459 e. The van der Waals surface area contributed by atoms with E-state index >= 15 is 0 Å². The summed E-state index contributed by atoms with van der Waals surface area (Å²) in [4.78, 5) is 34.1. The number of nitro groups is 1. The molecule has 1 rings (SSSR count). The number of alkyl halides is 3. The van der Waals surface area contributed by atoms with Gasteiger partial charge in [-0.2, -0.15) is 13.2 Å². The van der Waals surface area contributed by atoms with Gasteiger partial charge in [0.05, 0.1) is 17.1 Å². The number of likely N-dealkylation sites (N-methyl/N-ethyl adjacent to an activating group) is 1. The lowest BCUT2D eigenvalue weighted by Crippen LogP contribution is -2.39. The highest BCUT2D eigenvalue weighted by atomic mass is 79.9. The molecule has 0 unspecified atom stereocenters. The molecule has 7 nitrogen and oxygen atoms in total. The van der Waals surface area contributed by atoms with E-state index in [1.165, 1.54) is 13.8 Å². The van der Waals surface area contributed by atoms with Crippen LogP contribution in [0.2, 0.25) is 0 Å². The van der Waals surface area contributed by atoms with E-state index in [2.05, 4.69) is 20.7 Å². The molecule has 11 heteroatoms. The van der Waals surface area contributed by atoms with Crippen molar-refractivity contribution in [1.29, 1.82) is 0 Å². The van der Waals surface area contributed by atoms with Gasteiger partial charge >= 0.3 is 18.1 Å². The molecule has 0 spiro atoms. The summed E-state index contributed by atoms with van der Waals surface area (Å²) in [5, 5.41) is 11.2. The van der Waals surface area contributed by atoms with E-state index < -0.39 is 46.5 Å². The summed E-state index contributed by atoms with van der Waals surface area (Å²) in [6, 6.07) is 1.43. The van der Waals surface area contributed by atoms with Gasteiger partial charge in [-0.3, -0.25) is 19.8 Å². The van der Waals surface area contributed by atoms with Crippen molar-refractivity contribution in [1.82, 2.24) is 0 Å². The molecule has 132 valence electrons. The number of rotatable bonds is 4. The smallest absolute Gasteiger partial charge is 0.418 e. The van der Waals surface area contributed by atoms with Gasteiger partial charge in [0.1, 0.15) is 5.69 Å². The zero-order valence-electron chi connectivity index (χ0n) is 12.5. The summed E-state index contributed by atoms with van der Waals surface area (Å²) in [6.45, 7) is 2.12. The standard InChI is InChI=1S/C13H12BrF3N2O5/c1-3-18(11(20)12(21)24-4-2)10-8(13(15,16)17)5-7(14)6-9(10)19(22)23/h5-6H,3-4H2,1-2H3. The molecular formula is C13H12BrF3N2O5. The van der Waals surface area contributed by atoms with Crippen LogP contribution in [0.5, 0.6) is 0 Å². The van der Waals surface area contributed by atoms with Crippen LogP contribution in [0.25, 0.3) is 0 Å². The third kappa shape index (κ3) is 4.22. The van der Waals surface area contributed by atoms with Crippen molar-refractivity contribution in [2.45, 2.75) is 20.0 Å². The molecule has 0 N–H and O–H groups in total. The second kappa shape index (κ2) is 7.60. The Hall–Kier alpha value is -2.17. The SMILES string of the molecule is CCOC(=O)C(=O)N(CC)c1c([N+](=O)[O-])cc(Br)cc1C(F)(F)F. The number of hydrogen-bond donors (Lipinski definition) is 0. The summed E-state index contributed by atoms with van der Waals surface area (Å²) in [7, 11) is 0. The molecule has 0 saturated carbocycles. The molecule has 0 fully saturated rings. The van der Waals surface area contributed by atoms with E-state index in [1.807, 2.05) is 0 Å². The van der Waals surface area contributed by atoms with Crippen molar-refractivity contribution in [3.8, 4) is 0 Å². The van der Waals surface area contributed by atoms with Gasteiger partial charge in [-0.1, -0.05) is 15.9 Å². The number of esters is 1. The van der Waals surface area contributed by atoms with Crippen LogP contribution < -0.4 is 4.90 Å². The lowest BCUT2D eigenvalue weighted by atomic mass is 10.1. The fourth-order valence-corrected chi connectivity index (χ4v) is 2.38. The maximum absolute atomic E-state index is 13.3. The second-order valence-corrected chi connectivity index (χ2v) is 5.26. The van der Waals surface area contributed by atoms with Crippen molar-refractivity contribution >= 4 is 39.2 Å². The molecule has 0 heterocycles. The number of carbonyl (C=O) groups is 2. The number of amides is 1. The molecule has 1 aromatic rings. The van der Waals surface area contributed by atoms with E-state index in [4.69, 9.17) is 0 Å². The predicted molar refractivity (Wildman–Crippen MR) is 80.5 cm³/mol. The minimum absolute atomic E-state index is 0.170. The number of benzene rings is 1. The Bertz CT molecular complexity index is 678. The Kier molecular flexibility index (Phi) is 6.29. The van der Waals surface area contributed by atoms with Crippen LogP contribution >= 0.6 is 15.9 Å². The molecule has 0 atom stereocenters. The number of ether oxygens (including phenoxy) is 1. The molecule has 0 saturated heterocycles. The van der Waals surface area contributed by atoms with E-state index in [0.29, 0.717) is 11.0 Å². The summed E-state index contributed by atoms with van der Waals surface area (Å²) in [5.74, 6) is -2.82. The molecule has 1 aromatic carbocycles. The Labute approximate surface area is 142 Å². The molecule has 0 aliphatic carbocycles. The fraction of sp³-hybridized carbons (Fsp3) is 0.385. The van der Waals surface area contributed by atoms with E-state index in [-0.39, 0.29) is 11.1 Å². The largest absolute Gasteiger partial charge is 0.459 e. The lowest BCUT2D eigenvalue weighted by molar-refractivity contribution is -0.384. The van der Waals surface area contributed by atoms with E-state index in [9.17, 15) is 32.9 Å². The van der Waals surface area contributed by atoms with Crippen LogP contribution in [-0.4, -0.2) is 30.0 Å². The second-order valence-electron chi connectivity index (χ2n) is 4.35. The molecule has 0 radical (unpaired) electrons. The van der Waals surface area contributed by atoms with Gasteiger partial charge in [-0.05, 0) is 19.9 Å². The molecular weight excluding hydrogens is 401 g/mol. The zero-order chi connectivity index (χ0) is 18.7. The average Bonchev–Trinajstić information content (AvgIpc) is 2.47. The average molecular weight is 413 g/mol. The third-order valence-electron chi connectivity index (χ3n) is 2.84. The van der Waals surface area contributed by atoms with E-state index in [0.717, 1.165) is 6.07 Å². The van der Waals surface area contributed by atoms with Gasteiger partial charge in [0, 0.05) is 17.1 Å². The first-order chi connectivity index (χ1) is 11.0. The van der Waals surface area contributed by atoms with Crippen LogP contribution in [-0.2, 0) is 20.5 Å². The summed E-state index contributed by atoms with van der Waals surface area (Å²) in [5.41, 5.74) is -3.38. The number of nitro benzene ring substituents is 1. The number of carbonyl (C=O) groups excluding carboxylic acids is 2. The van der Waals surface area contributed by atoms with Crippen molar-refractivity contribution in [2.24, 2.45) is 0 Å². The van der Waals surface area contributed by atoms with Crippen molar-refractivity contribution in [3.05, 3.63) is 32.3 Å². The van der Waals surface area contributed by atoms with Crippen molar-refractivity contribution in [3.63, 3.8) is 0 Å². The van der Waals surface area contributed by atoms with Gasteiger partial charge in [0.2, 0.25) is 0 Å². The van der Waals surface area contributed by atoms with Crippen molar-refractivity contribution < 1.29 is 32.4 Å². The summed E-state index contributed by atoms with van der Waals surface area (Å²) < 4.78 is 44.1. The summed E-state index contributed by atoms with van der Waals surface area (Å²) >= 11 is 2.77. The van der Waals surface area contributed by atoms with E-state index in [1.54, 1.807) is 0 Å². The predicted octanol–water partition coefficient (Wildman–Crippen LogP) is 3.29. The minimum atomic E-state index is -4.98. The van der Waals surface area contributed by atoms with Crippen LogP contribution in [0.1, 0.15) is 19.4 Å². The first-order valence-corrected chi connectivity index (χ1v) is 7.37. The molecule has 0 aliphatic heterocycles. The van der Waals surface area contributed by atoms with Gasteiger partial charge < -0.3 is 4.74 Å². The van der Waals surface area contributed by atoms with Gasteiger partial charge in [-0.15, -0.1) is 0 Å². The molecule has 0 aliphatic rings. The Morgan fingerprint density at radius 1 is 1.33 bits per heavy atom. The highest BCUT2D eigenvalue weighted by Crippen LogP contribution is 2.43. The molecule has 0 aromatic heterocycles. The van der Waals surface area contributed by atoms with Gasteiger partial charge in [0.15, 0.2) is 0 Å². The number of halogens is 4. The Balaban J connectivity index is 3.66. The highest BCUT2D eigenvalue weighted by molar-refractivity contribution is 9.10. The normalized spacial score (nSPS) is 11.1. The summed E-state index contributed by atoms with van der Waals surface area (Å²) in [6.07, 6.45) is -4.98. The topological polar surface area (TPSA) is 89.8 Å². The zero-order valence-corrected chi connectivity index (χ0v) is 14.1. The van der Waals surface area contributed by atoms with Gasteiger partial charge in [-0.25, -0.2) is 4.79 Å². The van der Waals surface area contributed by atoms with Crippen LogP contribution in [0.15, 0.2) is 16.6 Å². The molecule has 0 bridgehead atoms. The number of nitrogens with zero attached hydrogens (tertiary/aromatic N) is 2. The molecule has 1 amide bonds. The van der Waals surface area contributed by atoms with Crippen LogP contribution in [0.3, 0.4) is 0 Å². The Morgan fingerprint density at radius 2 is 1.92 bits per heavy atom. The highest BCUT2D eigenvalue weighted by Gasteiger charge is 2.41. The maximum atomic E-state index is 13.3. The van der Waals surface area contributed by atoms with Crippen LogP contribution in [0.4, 0.5) is 24.5 Å². The Morgan fingerprint density at radius 3 is 2.33 bits per heavy atom. The third-order valence-corrected chi connectivity index (χ3v) is 3.30. The first-order valence-electron chi connectivity index (χ1n) is 6.58. The monoisotopic (exact) mass is 412 g/mol. The first kappa shape index (κ1) is 19.9. The molecule has 24 heavy (non-hydrogen) atoms. The fourth-order valence-electron chi connectivity index (χ4n) is 1.93. The van der Waals surface area contributed by atoms with Crippen molar-refractivity contribution in [2.75, 3.05) is 18.1 Å². The van der Waals surface area contributed by atoms with Crippen LogP contribution in [0, 0.1) is 10.1 Å².